The average molecular weight is 570 g/mol. The molecule has 1 fully saturated rings. The van der Waals surface area contributed by atoms with Crippen LogP contribution >= 0.6 is 10.8 Å². The van der Waals surface area contributed by atoms with Gasteiger partial charge in [0.15, 0.2) is 0 Å². The summed E-state index contributed by atoms with van der Waals surface area (Å²) in [6, 6.07) is 16.2. The molecule has 1 aliphatic rings. The molecule has 5 rings (SSSR count). The standard InChI is InChI=1S/C26H31N7O4S2/c1-32(2)39(36,37)33-12-10-21(11-13-33)29-26-18-28-24-9-8-19(15-25(24)30-26)20-14-22(17-27-16-20)31-38(34,35)23-6-4-3-5-7-23/h3-9,14-18,21,31,34-35H,10-13H2,1-2H3,(H,29,30). The maximum absolute atomic E-state index is 12.4. The molecule has 0 bridgehead atoms. The normalized spacial score (nSPS) is 15.9. The summed E-state index contributed by atoms with van der Waals surface area (Å²) in [6.45, 7) is 0.880. The molecule has 11 nitrogen and oxygen atoms in total. The SMILES string of the molecule is CN(C)S(=O)(=O)N1CCC(Nc2cnc3ccc(-c4cncc(NS(O)(O)c5ccccc5)c4)cc3n2)CC1. The lowest BCUT2D eigenvalue weighted by Gasteiger charge is -2.33. The van der Waals surface area contributed by atoms with Crippen molar-refractivity contribution in [3.63, 3.8) is 0 Å². The van der Waals surface area contributed by atoms with Crippen LogP contribution in [0, 0.1) is 0 Å². The second kappa shape index (κ2) is 11.0. The molecule has 0 atom stereocenters. The van der Waals surface area contributed by atoms with Crippen molar-refractivity contribution in [1.29, 1.82) is 0 Å². The Bertz CT molecular complexity index is 1560. The minimum absolute atomic E-state index is 0.0878. The quantitative estimate of drug-likeness (QED) is 0.241. The average Bonchev–Trinajstić information content (AvgIpc) is 2.93. The van der Waals surface area contributed by atoms with Crippen molar-refractivity contribution < 1.29 is 17.5 Å². The number of nitrogens with one attached hydrogen (secondary N) is 2. The molecule has 2 aromatic heterocycles. The van der Waals surface area contributed by atoms with Gasteiger partial charge in [-0.3, -0.25) is 23.8 Å². The first kappa shape index (κ1) is 27.2. The summed E-state index contributed by atoms with van der Waals surface area (Å²) in [5.41, 5.74) is 3.53. The van der Waals surface area contributed by atoms with Crippen LogP contribution in [0.1, 0.15) is 12.8 Å². The van der Waals surface area contributed by atoms with Gasteiger partial charge in [-0.25, -0.2) is 4.98 Å². The largest absolute Gasteiger partial charge is 0.366 e. The molecule has 1 saturated heterocycles. The van der Waals surface area contributed by atoms with E-state index in [0.717, 1.165) is 16.6 Å². The molecule has 0 spiro atoms. The predicted octanol–water partition coefficient (Wildman–Crippen LogP) is 4.51. The summed E-state index contributed by atoms with van der Waals surface area (Å²) in [4.78, 5) is 13.9. The molecule has 0 radical (unpaired) electrons. The molecule has 0 amide bonds. The maximum atomic E-state index is 12.4. The zero-order valence-corrected chi connectivity index (χ0v) is 23.2. The highest BCUT2D eigenvalue weighted by Crippen LogP contribution is 2.47. The van der Waals surface area contributed by atoms with Crippen LogP contribution in [0.15, 0.2) is 78.1 Å². The van der Waals surface area contributed by atoms with Crippen LogP contribution in [0.4, 0.5) is 11.5 Å². The van der Waals surface area contributed by atoms with Crippen LogP contribution in [-0.2, 0) is 10.2 Å². The van der Waals surface area contributed by atoms with Crippen LogP contribution in [-0.4, -0.2) is 74.3 Å². The van der Waals surface area contributed by atoms with Crippen molar-refractivity contribution in [2.45, 2.75) is 23.8 Å². The van der Waals surface area contributed by atoms with Crippen LogP contribution in [0.25, 0.3) is 22.2 Å². The lowest BCUT2D eigenvalue weighted by atomic mass is 10.1. The number of aromatic nitrogens is 3. The molecular formula is C26H31N7O4S2. The molecule has 4 aromatic rings. The summed E-state index contributed by atoms with van der Waals surface area (Å²) in [7, 11) is -3.57. The van der Waals surface area contributed by atoms with Crippen LogP contribution in [0.2, 0.25) is 0 Å². The third kappa shape index (κ3) is 6.13. The van der Waals surface area contributed by atoms with Crippen LogP contribution in [0.5, 0.6) is 0 Å². The lowest BCUT2D eigenvalue weighted by Crippen LogP contribution is -2.46. The Balaban J connectivity index is 1.31. The first-order chi connectivity index (χ1) is 18.6. The number of pyridine rings is 1. The summed E-state index contributed by atoms with van der Waals surface area (Å²) < 4.78 is 51.5. The van der Waals surface area contributed by atoms with E-state index in [0.29, 0.717) is 47.8 Å². The fraction of sp³-hybridized carbons (Fsp3) is 0.269. The van der Waals surface area contributed by atoms with Crippen molar-refractivity contribution in [2.75, 3.05) is 37.2 Å². The fourth-order valence-corrected chi connectivity index (χ4v) is 6.65. The van der Waals surface area contributed by atoms with Gasteiger partial charge in [-0.15, -0.1) is 0 Å². The summed E-state index contributed by atoms with van der Waals surface area (Å²) in [6.07, 6.45) is 6.26. The summed E-state index contributed by atoms with van der Waals surface area (Å²) in [5, 5.41) is 3.40. The van der Waals surface area contributed by atoms with Gasteiger partial charge in [0.25, 0.3) is 10.2 Å². The van der Waals surface area contributed by atoms with Crippen molar-refractivity contribution >= 4 is 43.5 Å². The van der Waals surface area contributed by atoms with E-state index in [1.54, 1.807) is 63.0 Å². The lowest BCUT2D eigenvalue weighted by molar-refractivity contribution is 0.311. The van der Waals surface area contributed by atoms with E-state index in [2.05, 4.69) is 20.0 Å². The Labute approximate surface area is 229 Å². The highest BCUT2D eigenvalue weighted by atomic mass is 32.3. The molecule has 2 aromatic carbocycles. The number of fused-ring (bicyclic) bond motifs is 1. The molecule has 3 heterocycles. The fourth-order valence-electron chi connectivity index (χ4n) is 4.42. The van der Waals surface area contributed by atoms with Crippen molar-refractivity contribution in [2.24, 2.45) is 0 Å². The minimum atomic E-state index is -3.41. The van der Waals surface area contributed by atoms with Crippen molar-refractivity contribution in [1.82, 2.24) is 23.6 Å². The topological polar surface area (TPSA) is 144 Å². The number of piperidine rings is 1. The van der Waals surface area contributed by atoms with E-state index in [4.69, 9.17) is 4.98 Å². The molecule has 13 heteroatoms. The van der Waals surface area contributed by atoms with Crippen molar-refractivity contribution in [3.05, 3.63) is 73.2 Å². The monoisotopic (exact) mass is 569 g/mol. The molecule has 1 aliphatic heterocycles. The number of anilines is 2. The van der Waals surface area contributed by atoms with Gasteiger partial charge in [-0.2, -0.15) is 17.0 Å². The van der Waals surface area contributed by atoms with Gasteiger partial charge in [0.2, 0.25) is 0 Å². The van der Waals surface area contributed by atoms with E-state index < -0.39 is 21.0 Å². The first-order valence-electron chi connectivity index (χ1n) is 12.4. The van der Waals surface area contributed by atoms with Gasteiger partial charge < -0.3 is 5.32 Å². The van der Waals surface area contributed by atoms with Gasteiger partial charge in [0.05, 0.1) is 34.0 Å². The highest BCUT2D eigenvalue weighted by molar-refractivity contribution is 8.25. The predicted molar refractivity (Wildman–Crippen MR) is 155 cm³/mol. The molecule has 4 N–H and O–H groups in total. The van der Waals surface area contributed by atoms with Crippen LogP contribution < -0.4 is 10.0 Å². The second-order valence-electron chi connectivity index (χ2n) is 9.49. The molecule has 0 saturated carbocycles. The van der Waals surface area contributed by atoms with E-state index in [-0.39, 0.29) is 6.04 Å². The number of nitrogens with zero attached hydrogens (tertiary/aromatic N) is 5. The summed E-state index contributed by atoms with van der Waals surface area (Å²) >= 11 is 0. The second-order valence-corrected chi connectivity index (χ2v) is 13.4. The smallest absolute Gasteiger partial charge is 0.281 e. The Morgan fingerprint density at radius 2 is 1.67 bits per heavy atom. The minimum Gasteiger partial charge on any atom is -0.366 e. The van der Waals surface area contributed by atoms with E-state index >= 15 is 0 Å². The Kier molecular flexibility index (Phi) is 7.71. The Hall–Kier alpha value is -3.33. The van der Waals surface area contributed by atoms with Gasteiger partial charge in [0, 0.05) is 45.0 Å². The van der Waals surface area contributed by atoms with E-state index in [1.165, 1.54) is 8.61 Å². The highest BCUT2D eigenvalue weighted by Gasteiger charge is 2.29. The molecule has 39 heavy (non-hydrogen) atoms. The van der Waals surface area contributed by atoms with Crippen LogP contribution in [0.3, 0.4) is 0 Å². The number of hydrogen-bond acceptors (Lipinski definition) is 9. The maximum Gasteiger partial charge on any atom is 0.281 e. The van der Waals surface area contributed by atoms with E-state index in [9.17, 15) is 17.5 Å². The van der Waals surface area contributed by atoms with Gasteiger partial charge >= 0.3 is 0 Å². The van der Waals surface area contributed by atoms with Gasteiger partial charge in [-0.1, -0.05) is 35.0 Å². The zero-order chi connectivity index (χ0) is 27.6. The van der Waals surface area contributed by atoms with Gasteiger partial charge in [-0.05, 0) is 48.7 Å². The van der Waals surface area contributed by atoms with Crippen molar-refractivity contribution in [3.8, 4) is 11.1 Å². The first-order valence-corrected chi connectivity index (χ1v) is 15.3. The summed E-state index contributed by atoms with van der Waals surface area (Å²) in [5.74, 6) is 0.624. The molecule has 0 unspecified atom stereocenters. The third-order valence-corrected chi connectivity index (χ3v) is 9.93. The zero-order valence-electron chi connectivity index (χ0n) is 21.6. The van der Waals surface area contributed by atoms with Gasteiger partial charge in [0.1, 0.15) is 5.82 Å². The van der Waals surface area contributed by atoms with E-state index in [1.807, 2.05) is 24.3 Å². The molecular weight excluding hydrogens is 538 g/mol. The third-order valence-electron chi connectivity index (χ3n) is 6.54. The number of benzene rings is 2. The Morgan fingerprint density at radius 1 is 0.923 bits per heavy atom. The Morgan fingerprint density at radius 3 is 2.38 bits per heavy atom. The number of hydrogen-bond donors (Lipinski definition) is 4. The molecule has 0 aliphatic carbocycles. The number of rotatable bonds is 8. The molecule has 206 valence electrons.